The van der Waals surface area contributed by atoms with Crippen LogP contribution in [0, 0.1) is 6.92 Å². The first-order valence-corrected chi connectivity index (χ1v) is 7.26. The molecule has 106 valence electrons. The van der Waals surface area contributed by atoms with Gasteiger partial charge in [-0.3, -0.25) is 9.88 Å². The van der Waals surface area contributed by atoms with Crippen molar-refractivity contribution >= 4 is 28.1 Å². The molecule has 0 saturated carbocycles. The number of fused-ring (bicyclic) bond motifs is 1. The van der Waals surface area contributed by atoms with Gasteiger partial charge in [-0.05, 0) is 38.5 Å². The van der Waals surface area contributed by atoms with Crippen molar-refractivity contribution in [1.82, 2.24) is 9.88 Å². The highest BCUT2D eigenvalue weighted by molar-refractivity contribution is 7.80. The highest BCUT2D eigenvalue weighted by atomic mass is 32.1. The van der Waals surface area contributed by atoms with E-state index < -0.39 is 0 Å². The van der Waals surface area contributed by atoms with Crippen LogP contribution in [0.15, 0.2) is 30.3 Å². The highest BCUT2D eigenvalue weighted by Crippen LogP contribution is 2.20. The number of thiocarbonyl (C=S) groups is 1. The Kier molecular flexibility index (Phi) is 4.68. The standard InChI is InChI=1S/C16H21N3S/c1-11(2)19(10-16(17)20)9-13-8-12(3)18-15-7-5-4-6-14(13)15/h4-8,11H,9-10H2,1-3H3,(H2,17,20). The van der Waals surface area contributed by atoms with Crippen molar-refractivity contribution in [3.63, 3.8) is 0 Å². The van der Waals surface area contributed by atoms with Gasteiger partial charge in [-0.25, -0.2) is 0 Å². The van der Waals surface area contributed by atoms with Crippen LogP contribution in [0.25, 0.3) is 10.9 Å². The molecule has 0 bridgehead atoms. The second-order valence-electron chi connectivity index (χ2n) is 5.40. The Morgan fingerprint density at radius 1 is 1.35 bits per heavy atom. The van der Waals surface area contributed by atoms with Gasteiger partial charge in [0.25, 0.3) is 0 Å². The van der Waals surface area contributed by atoms with E-state index in [1.807, 2.05) is 13.0 Å². The van der Waals surface area contributed by atoms with Gasteiger partial charge in [-0.15, -0.1) is 0 Å². The molecule has 20 heavy (non-hydrogen) atoms. The molecule has 0 fully saturated rings. The number of nitrogens with two attached hydrogens (primary N) is 1. The molecule has 0 amide bonds. The molecule has 0 unspecified atom stereocenters. The Balaban J connectivity index is 2.38. The number of para-hydroxylation sites is 1. The zero-order chi connectivity index (χ0) is 14.7. The average Bonchev–Trinajstić information content (AvgIpc) is 2.37. The maximum Gasteiger partial charge on any atom is 0.0870 e. The molecule has 0 saturated heterocycles. The third kappa shape index (κ3) is 3.52. The van der Waals surface area contributed by atoms with Gasteiger partial charge in [0.05, 0.1) is 10.5 Å². The molecule has 0 atom stereocenters. The van der Waals surface area contributed by atoms with Crippen LogP contribution < -0.4 is 5.73 Å². The predicted molar refractivity (Wildman–Crippen MR) is 88.8 cm³/mol. The maximum atomic E-state index is 5.70. The number of benzene rings is 1. The number of aryl methyl sites for hydroxylation is 1. The number of hydrogen-bond donors (Lipinski definition) is 1. The van der Waals surface area contributed by atoms with Crippen LogP contribution in [-0.4, -0.2) is 27.5 Å². The van der Waals surface area contributed by atoms with Gasteiger partial charge in [-0.1, -0.05) is 30.4 Å². The van der Waals surface area contributed by atoms with Crippen molar-refractivity contribution in [2.75, 3.05) is 6.54 Å². The van der Waals surface area contributed by atoms with Gasteiger partial charge in [-0.2, -0.15) is 0 Å². The zero-order valence-corrected chi connectivity index (χ0v) is 13.1. The number of aromatic nitrogens is 1. The minimum Gasteiger partial charge on any atom is -0.392 e. The number of hydrogen-bond acceptors (Lipinski definition) is 3. The number of nitrogens with zero attached hydrogens (tertiary/aromatic N) is 2. The molecule has 1 heterocycles. The lowest BCUT2D eigenvalue weighted by molar-refractivity contribution is 0.246. The second-order valence-corrected chi connectivity index (χ2v) is 5.93. The summed E-state index contributed by atoms with van der Waals surface area (Å²) in [7, 11) is 0. The van der Waals surface area contributed by atoms with Crippen molar-refractivity contribution in [1.29, 1.82) is 0 Å². The first kappa shape index (κ1) is 14.9. The van der Waals surface area contributed by atoms with Crippen LogP contribution >= 0.6 is 12.2 Å². The smallest absolute Gasteiger partial charge is 0.0870 e. The van der Waals surface area contributed by atoms with Crippen LogP contribution in [0.2, 0.25) is 0 Å². The van der Waals surface area contributed by atoms with E-state index in [1.165, 1.54) is 10.9 Å². The summed E-state index contributed by atoms with van der Waals surface area (Å²) in [5, 5.41) is 1.20. The Bertz CT molecular complexity index is 622. The van der Waals surface area contributed by atoms with E-state index in [9.17, 15) is 0 Å². The molecule has 2 N–H and O–H groups in total. The molecule has 0 aliphatic carbocycles. The summed E-state index contributed by atoms with van der Waals surface area (Å²) in [6, 6.07) is 10.8. The SMILES string of the molecule is Cc1cc(CN(CC(N)=S)C(C)C)c2ccccc2n1. The fraction of sp³-hybridized carbons (Fsp3) is 0.375. The summed E-state index contributed by atoms with van der Waals surface area (Å²) >= 11 is 5.05. The second kappa shape index (κ2) is 6.29. The van der Waals surface area contributed by atoms with Gasteiger partial charge in [0.1, 0.15) is 0 Å². The van der Waals surface area contributed by atoms with Crippen LogP contribution in [0.4, 0.5) is 0 Å². The monoisotopic (exact) mass is 287 g/mol. The van der Waals surface area contributed by atoms with Crippen LogP contribution in [0.1, 0.15) is 25.1 Å². The van der Waals surface area contributed by atoms with Crippen LogP contribution in [-0.2, 0) is 6.54 Å². The van der Waals surface area contributed by atoms with Gasteiger partial charge in [0.15, 0.2) is 0 Å². The molecule has 2 aromatic rings. The fourth-order valence-corrected chi connectivity index (χ4v) is 2.53. The lowest BCUT2D eigenvalue weighted by atomic mass is 10.1. The fourth-order valence-electron chi connectivity index (χ4n) is 2.37. The summed E-state index contributed by atoms with van der Waals surface area (Å²) in [6.07, 6.45) is 0. The molecular weight excluding hydrogens is 266 g/mol. The van der Waals surface area contributed by atoms with Crippen molar-refractivity contribution in [3.8, 4) is 0 Å². The highest BCUT2D eigenvalue weighted by Gasteiger charge is 2.13. The molecule has 1 aromatic carbocycles. The van der Waals surface area contributed by atoms with E-state index in [0.29, 0.717) is 17.6 Å². The molecule has 1 aromatic heterocycles. The maximum absolute atomic E-state index is 5.70. The average molecular weight is 287 g/mol. The summed E-state index contributed by atoms with van der Waals surface area (Å²) in [5.74, 6) is 0. The Morgan fingerprint density at radius 3 is 2.70 bits per heavy atom. The first-order chi connectivity index (χ1) is 9.47. The quantitative estimate of drug-likeness (QED) is 0.858. The van der Waals surface area contributed by atoms with E-state index in [1.54, 1.807) is 0 Å². The van der Waals surface area contributed by atoms with Crippen LogP contribution in [0.5, 0.6) is 0 Å². The normalized spacial score (nSPS) is 11.4. The van der Waals surface area contributed by atoms with Crippen molar-refractivity contribution < 1.29 is 0 Å². The molecule has 0 spiro atoms. The lowest BCUT2D eigenvalue weighted by Crippen LogP contribution is -2.37. The molecule has 0 aliphatic rings. The first-order valence-electron chi connectivity index (χ1n) is 6.85. The Morgan fingerprint density at radius 2 is 2.05 bits per heavy atom. The minimum atomic E-state index is 0.392. The molecule has 0 aliphatic heterocycles. The Hall–Kier alpha value is -1.52. The van der Waals surface area contributed by atoms with E-state index >= 15 is 0 Å². The molecule has 2 rings (SSSR count). The largest absolute Gasteiger partial charge is 0.392 e. The minimum absolute atomic E-state index is 0.392. The summed E-state index contributed by atoms with van der Waals surface area (Å²) in [6.45, 7) is 7.83. The van der Waals surface area contributed by atoms with Gasteiger partial charge < -0.3 is 5.73 Å². The van der Waals surface area contributed by atoms with Crippen LogP contribution in [0.3, 0.4) is 0 Å². The Labute approximate surface area is 125 Å². The number of rotatable bonds is 5. The lowest BCUT2D eigenvalue weighted by Gasteiger charge is -2.26. The summed E-state index contributed by atoms with van der Waals surface area (Å²) < 4.78 is 0. The van der Waals surface area contributed by atoms with E-state index in [0.717, 1.165) is 17.8 Å². The third-order valence-corrected chi connectivity index (χ3v) is 3.52. The van der Waals surface area contributed by atoms with Gasteiger partial charge >= 0.3 is 0 Å². The van der Waals surface area contributed by atoms with Crippen molar-refractivity contribution in [3.05, 3.63) is 41.6 Å². The van der Waals surface area contributed by atoms with Crippen molar-refractivity contribution in [2.45, 2.75) is 33.4 Å². The summed E-state index contributed by atoms with van der Waals surface area (Å²) in [4.78, 5) is 7.40. The van der Waals surface area contributed by atoms with E-state index in [4.69, 9.17) is 18.0 Å². The van der Waals surface area contributed by atoms with E-state index in [2.05, 4.69) is 48.0 Å². The van der Waals surface area contributed by atoms with Gasteiger partial charge in [0, 0.05) is 30.2 Å². The summed E-state index contributed by atoms with van der Waals surface area (Å²) in [5.41, 5.74) is 9.06. The zero-order valence-electron chi connectivity index (χ0n) is 12.3. The van der Waals surface area contributed by atoms with E-state index in [-0.39, 0.29) is 0 Å². The predicted octanol–water partition coefficient (Wildman–Crippen LogP) is 3.04. The number of pyridine rings is 1. The van der Waals surface area contributed by atoms with Crippen molar-refractivity contribution in [2.24, 2.45) is 5.73 Å². The van der Waals surface area contributed by atoms with Gasteiger partial charge in [0.2, 0.25) is 0 Å². The topological polar surface area (TPSA) is 42.1 Å². The third-order valence-electron chi connectivity index (χ3n) is 3.39. The molecule has 4 heteroatoms. The molecular formula is C16H21N3S. The molecule has 0 radical (unpaired) electrons. The molecule has 3 nitrogen and oxygen atoms in total.